The molecular weight excluding hydrogens is 396 g/mol. The van der Waals surface area contributed by atoms with Crippen LogP contribution in [0.2, 0.25) is 0 Å². The number of aromatic amines is 1. The molecule has 0 saturated heterocycles. The number of halogens is 1. The molecule has 0 aliphatic carbocycles. The highest BCUT2D eigenvalue weighted by Gasteiger charge is 2.33. The van der Waals surface area contributed by atoms with Crippen LogP contribution in [0.4, 0.5) is 5.69 Å². The normalized spacial score (nSPS) is 15.4. The number of H-pyrrole nitrogens is 1. The minimum Gasteiger partial charge on any atom is -0.508 e. The van der Waals surface area contributed by atoms with Crippen LogP contribution in [0.3, 0.4) is 0 Å². The van der Waals surface area contributed by atoms with Crippen LogP contribution in [0, 0.1) is 0 Å². The third kappa shape index (κ3) is 3.02. The van der Waals surface area contributed by atoms with E-state index in [2.05, 4.69) is 4.98 Å². The summed E-state index contributed by atoms with van der Waals surface area (Å²) in [6, 6.07) is 8.55. The van der Waals surface area contributed by atoms with E-state index in [0.717, 1.165) is 10.9 Å². The number of carbonyl (C=O) groups excluding carboxylic acids is 1. The van der Waals surface area contributed by atoms with Crippen molar-refractivity contribution in [1.29, 1.82) is 0 Å². The lowest BCUT2D eigenvalue weighted by atomic mass is 10.0. The number of aromatic nitrogens is 1. The van der Waals surface area contributed by atoms with Gasteiger partial charge in [0.25, 0.3) is 5.91 Å². The molecule has 2 heterocycles. The number of ether oxygens (including phenoxy) is 3. The first-order valence-electron chi connectivity index (χ1n) is 9.04. The summed E-state index contributed by atoms with van der Waals surface area (Å²) in [6.07, 6.45) is 0. The third-order valence-electron chi connectivity index (χ3n) is 5.23. The van der Waals surface area contributed by atoms with Crippen molar-refractivity contribution in [2.45, 2.75) is 5.92 Å². The summed E-state index contributed by atoms with van der Waals surface area (Å²) in [7, 11) is 4.60. The molecule has 1 aliphatic rings. The Labute approximate surface area is 172 Å². The molecular formula is C21H21ClN2O5. The summed E-state index contributed by atoms with van der Waals surface area (Å²) in [4.78, 5) is 18.1. The number of alkyl halides is 1. The molecule has 7 nitrogen and oxygen atoms in total. The van der Waals surface area contributed by atoms with Crippen molar-refractivity contribution in [2.75, 3.05) is 38.7 Å². The quantitative estimate of drug-likeness (QED) is 0.616. The van der Waals surface area contributed by atoms with E-state index in [9.17, 15) is 9.90 Å². The fourth-order valence-electron chi connectivity index (χ4n) is 3.86. The fourth-order valence-corrected chi connectivity index (χ4v) is 4.12. The van der Waals surface area contributed by atoms with Crippen LogP contribution in [0.5, 0.6) is 23.0 Å². The van der Waals surface area contributed by atoms with Crippen molar-refractivity contribution in [3.63, 3.8) is 0 Å². The second kappa shape index (κ2) is 7.40. The molecule has 0 unspecified atom stereocenters. The van der Waals surface area contributed by atoms with E-state index >= 15 is 0 Å². The van der Waals surface area contributed by atoms with Crippen LogP contribution < -0.4 is 19.1 Å². The topological polar surface area (TPSA) is 84.0 Å². The number of nitrogens with zero attached hydrogens (tertiary/aromatic N) is 1. The summed E-state index contributed by atoms with van der Waals surface area (Å²) in [6.45, 7) is 0.445. The third-order valence-corrected chi connectivity index (χ3v) is 5.60. The molecule has 2 aromatic carbocycles. The van der Waals surface area contributed by atoms with Gasteiger partial charge in [-0.05, 0) is 23.8 Å². The zero-order valence-corrected chi connectivity index (χ0v) is 17.0. The summed E-state index contributed by atoms with van der Waals surface area (Å²) in [5, 5.41) is 10.7. The number of hydrogen-bond donors (Lipinski definition) is 2. The van der Waals surface area contributed by atoms with Crippen LogP contribution in [0.25, 0.3) is 10.9 Å². The molecule has 0 radical (unpaired) electrons. The maximum atomic E-state index is 13.3. The van der Waals surface area contributed by atoms with Crippen LogP contribution in [0.15, 0.2) is 30.3 Å². The van der Waals surface area contributed by atoms with Crippen LogP contribution in [-0.2, 0) is 0 Å². The Bertz CT molecular complexity index is 1090. The molecule has 1 aromatic heterocycles. The molecule has 3 aromatic rings. The predicted octanol–water partition coefficient (Wildman–Crippen LogP) is 3.88. The predicted molar refractivity (Wildman–Crippen MR) is 111 cm³/mol. The maximum absolute atomic E-state index is 13.3. The number of amides is 1. The molecule has 0 spiro atoms. The highest BCUT2D eigenvalue weighted by molar-refractivity contribution is 6.19. The number of rotatable bonds is 5. The average molecular weight is 417 g/mol. The van der Waals surface area contributed by atoms with Gasteiger partial charge in [-0.15, -0.1) is 11.6 Å². The lowest BCUT2D eigenvalue weighted by Crippen LogP contribution is -2.30. The molecule has 0 fully saturated rings. The largest absolute Gasteiger partial charge is 0.508 e. The number of aromatic hydroxyl groups is 1. The Morgan fingerprint density at radius 2 is 1.93 bits per heavy atom. The summed E-state index contributed by atoms with van der Waals surface area (Å²) in [5.74, 6) is 1.69. The van der Waals surface area contributed by atoms with E-state index in [1.165, 1.54) is 14.2 Å². The minimum atomic E-state index is -0.222. The van der Waals surface area contributed by atoms with E-state index in [-0.39, 0.29) is 17.6 Å². The van der Waals surface area contributed by atoms with Crippen LogP contribution in [-0.4, -0.2) is 49.8 Å². The molecule has 1 amide bonds. The zero-order chi connectivity index (χ0) is 20.7. The fraction of sp³-hybridized carbons (Fsp3) is 0.286. The maximum Gasteiger partial charge on any atom is 0.274 e. The van der Waals surface area contributed by atoms with Gasteiger partial charge in [0.05, 0.1) is 32.5 Å². The molecule has 0 saturated carbocycles. The number of phenolic OH excluding ortho intramolecular Hbond substituents is 1. The Hall–Kier alpha value is -3.06. The Balaban J connectivity index is 1.80. The Morgan fingerprint density at radius 3 is 2.59 bits per heavy atom. The number of anilines is 1. The lowest BCUT2D eigenvalue weighted by Gasteiger charge is -2.17. The van der Waals surface area contributed by atoms with Crippen molar-refractivity contribution < 1.29 is 24.1 Å². The first kappa shape index (κ1) is 19.3. The van der Waals surface area contributed by atoms with Crippen molar-refractivity contribution in [1.82, 2.24) is 4.98 Å². The van der Waals surface area contributed by atoms with E-state index in [1.54, 1.807) is 36.3 Å². The summed E-state index contributed by atoms with van der Waals surface area (Å²) < 4.78 is 16.3. The Kier molecular flexibility index (Phi) is 4.92. The molecule has 4 rings (SSSR count). The highest BCUT2D eigenvalue weighted by Crippen LogP contribution is 2.44. The number of phenols is 1. The molecule has 152 valence electrons. The SMILES string of the molecule is COc1cc2cc(C(=O)N3C[C@H](CCl)c4ccc(O)cc43)[nH]c2c(OC)c1OC. The first-order valence-corrected chi connectivity index (χ1v) is 9.58. The molecule has 29 heavy (non-hydrogen) atoms. The van der Waals surface area contributed by atoms with Gasteiger partial charge in [-0.1, -0.05) is 6.07 Å². The van der Waals surface area contributed by atoms with Crippen LogP contribution >= 0.6 is 11.6 Å². The number of methoxy groups -OCH3 is 3. The number of fused-ring (bicyclic) bond motifs is 2. The van der Waals surface area contributed by atoms with Crippen molar-refractivity contribution in [3.8, 4) is 23.0 Å². The highest BCUT2D eigenvalue weighted by atomic mass is 35.5. The monoisotopic (exact) mass is 416 g/mol. The number of hydrogen-bond acceptors (Lipinski definition) is 5. The molecule has 8 heteroatoms. The van der Waals surface area contributed by atoms with Crippen LogP contribution in [0.1, 0.15) is 22.0 Å². The number of nitrogens with one attached hydrogen (secondary N) is 1. The standard InChI is InChI=1S/C21H21ClN2O5/c1-27-17-7-11-6-15(23-18(11)20(29-3)19(17)28-2)21(26)24-10-12(9-22)14-5-4-13(25)8-16(14)24/h4-8,12,23,25H,9-10H2,1-3H3/t12-/m0/s1. The van der Waals surface area contributed by atoms with E-state index in [1.807, 2.05) is 6.07 Å². The van der Waals surface area contributed by atoms with Crippen molar-refractivity contribution in [3.05, 3.63) is 41.6 Å². The zero-order valence-electron chi connectivity index (χ0n) is 16.3. The Morgan fingerprint density at radius 1 is 1.17 bits per heavy atom. The van der Waals surface area contributed by atoms with Gasteiger partial charge in [-0.2, -0.15) is 0 Å². The molecule has 1 atom stereocenters. The van der Waals surface area contributed by atoms with Gasteiger partial charge in [0.15, 0.2) is 11.5 Å². The van der Waals surface area contributed by atoms with Gasteiger partial charge in [0.1, 0.15) is 11.4 Å². The second-order valence-corrected chi connectivity index (χ2v) is 7.11. The van der Waals surface area contributed by atoms with Gasteiger partial charge in [-0.25, -0.2) is 0 Å². The van der Waals surface area contributed by atoms with Gasteiger partial charge in [0, 0.05) is 29.8 Å². The smallest absolute Gasteiger partial charge is 0.274 e. The molecule has 0 bridgehead atoms. The van der Waals surface area contributed by atoms with Gasteiger partial charge in [0.2, 0.25) is 5.75 Å². The average Bonchev–Trinajstić information content (AvgIpc) is 3.32. The van der Waals surface area contributed by atoms with Gasteiger partial charge < -0.3 is 29.2 Å². The van der Waals surface area contributed by atoms with E-state index < -0.39 is 0 Å². The molecule has 2 N–H and O–H groups in total. The lowest BCUT2D eigenvalue weighted by molar-refractivity contribution is 0.0984. The minimum absolute atomic E-state index is 0.00955. The number of carbonyl (C=O) groups is 1. The van der Waals surface area contributed by atoms with Gasteiger partial charge >= 0.3 is 0 Å². The second-order valence-electron chi connectivity index (χ2n) is 6.80. The summed E-state index contributed by atoms with van der Waals surface area (Å²) >= 11 is 6.11. The van der Waals surface area contributed by atoms with Crippen molar-refractivity contribution >= 4 is 34.1 Å². The molecule has 1 aliphatic heterocycles. The van der Waals surface area contributed by atoms with E-state index in [0.29, 0.717) is 46.6 Å². The van der Waals surface area contributed by atoms with E-state index in [4.69, 9.17) is 25.8 Å². The first-order chi connectivity index (χ1) is 14.0. The summed E-state index contributed by atoms with van der Waals surface area (Å²) in [5.41, 5.74) is 2.64. The number of benzene rings is 2. The van der Waals surface area contributed by atoms with Gasteiger partial charge in [-0.3, -0.25) is 4.79 Å². The van der Waals surface area contributed by atoms with Crippen molar-refractivity contribution in [2.24, 2.45) is 0 Å².